The molecule has 1 aromatic rings. The van der Waals surface area contributed by atoms with Crippen molar-refractivity contribution in [2.75, 3.05) is 13.6 Å². The Morgan fingerprint density at radius 2 is 2.17 bits per heavy atom. The molecule has 0 aliphatic rings. The van der Waals surface area contributed by atoms with Crippen molar-refractivity contribution in [3.63, 3.8) is 0 Å². The van der Waals surface area contributed by atoms with Gasteiger partial charge >= 0.3 is 0 Å². The summed E-state index contributed by atoms with van der Waals surface area (Å²) in [6.07, 6.45) is 0. The third kappa shape index (κ3) is 2.84. The quantitative estimate of drug-likeness (QED) is 0.471. The molecule has 0 atom stereocenters. The van der Waals surface area contributed by atoms with E-state index in [1.807, 2.05) is 0 Å². The molecule has 0 heterocycles. The Morgan fingerprint density at radius 3 is 2.67 bits per heavy atom. The summed E-state index contributed by atoms with van der Waals surface area (Å²) in [5, 5.41) is 19.3. The van der Waals surface area contributed by atoms with Gasteiger partial charge in [0, 0.05) is 17.6 Å². The molecule has 18 heavy (non-hydrogen) atoms. The predicted molar refractivity (Wildman–Crippen MR) is 66.2 cm³/mol. The SMILES string of the molecule is CN(CC#N)S(=O)(=O)c1ccc(Br)cc1[N+](=O)[O-]. The lowest BCUT2D eigenvalue weighted by atomic mass is 10.3. The number of halogens is 1. The summed E-state index contributed by atoms with van der Waals surface area (Å²) >= 11 is 3.03. The zero-order valence-corrected chi connectivity index (χ0v) is 11.6. The lowest BCUT2D eigenvalue weighted by Gasteiger charge is -2.13. The number of rotatable bonds is 4. The topological polar surface area (TPSA) is 104 Å². The largest absolute Gasteiger partial charge is 0.290 e. The predicted octanol–water partition coefficient (Wildman–Crippen LogP) is 1.50. The molecule has 0 N–H and O–H groups in total. The summed E-state index contributed by atoms with van der Waals surface area (Å²) in [6, 6.07) is 5.29. The molecule has 0 saturated carbocycles. The van der Waals surface area contributed by atoms with E-state index in [4.69, 9.17) is 5.26 Å². The zero-order chi connectivity index (χ0) is 13.9. The molecule has 0 aromatic heterocycles. The molecule has 0 bridgehead atoms. The van der Waals surface area contributed by atoms with Gasteiger partial charge in [-0.05, 0) is 12.1 Å². The van der Waals surface area contributed by atoms with Crippen LogP contribution in [0.25, 0.3) is 0 Å². The molecule has 0 aliphatic heterocycles. The molecule has 0 saturated heterocycles. The molecule has 0 spiro atoms. The monoisotopic (exact) mass is 333 g/mol. The lowest BCUT2D eigenvalue weighted by molar-refractivity contribution is -0.387. The molecule has 96 valence electrons. The fraction of sp³-hybridized carbons (Fsp3) is 0.222. The second-order valence-electron chi connectivity index (χ2n) is 3.29. The van der Waals surface area contributed by atoms with Gasteiger partial charge in [0.2, 0.25) is 0 Å². The van der Waals surface area contributed by atoms with Crippen molar-refractivity contribution in [3.8, 4) is 6.07 Å². The minimum Gasteiger partial charge on any atom is -0.258 e. The number of nitro groups is 1. The second kappa shape index (κ2) is 5.43. The van der Waals surface area contributed by atoms with E-state index in [-0.39, 0.29) is 6.54 Å². The molecule has 0 amide bonds. The Morgan fingerprint density at radius 1 is 1.56 bits per heavy atom. The van der Waals surface area contributed by atoms with E-state index in [1.165, 1.54) is 13.1 Å². The third-order valence-electron chi connectivity index (χ3n) is 2.10. The second-order valence-corrected chi connectivity index (χ2v) is 6.22. The van der Waals surface area contributed by atoms with Crippen LogP contribution in [0.2, 0.25) is 0 Å². The van der Waals surface area contributed by atoms with E-state index < -0.39 is 25.5 Å². The van der Waals surface area contributed by atoms with Crippen LogP contribution in [-0.4, -0.2) is 31.2 Å². The molecular weight excluding hydrogens is 326 g/mol. The van der Waals surface area contributed by atoms with Gasteiger partial charge in [-0.15, -0.1) is 0 Å². The van der Waals surface area contributed by atoms with Crippen molar-refractivity contribution in [2.24, 2.45) is 0 Å². The van der Waals surface area contributed by atoms with Gasteiger partial charge in [0.05, 0.1) is 11.0 Å². The maximum absolute atomic E-state index is 12.0. The average molecular weight is 334 g/mol. The van der Waals surface area contributed by atoms with E-state index >= 15 is 0 Å². The number of benzene rings is 1. The van der Waals surface area contributed by atoms with Gasteiger partial charge in [-0.2, -0.15) is 9.57 Å². The van der Waals surface area contributed by atoms with Crippen LogP contribution in [-0.2, 0) is 10.0 Å². The fourth-order valence-electron chi connectivity index (χ4n) is 1.20. The summed E-state index contributed by atoms with van der Waals surface area (Å²) < 4.78 is 25.2. The smallest absolute Gasteiger partial charge is 0.258 e. The number of nitro benzene ring substituents is 1. The lowest BCUT2D eigenvalue weighted by Crippen LogP contribution is -2.27. The van der Waals surface area contributed by atoms with E-state index in [0.29, 0.717) is 4.47 Å². The highest BCUT2D eigenvalue weighted by Gasteiger charge is 2.29. The van der Waals surface area contributed by atoms with Crippen LogP contribution in [0.3, 0.4) is 0 Å². The number of hydrogen-bond donors (Lipinski definition) is 0. The van der Waals surface area contributed by atoms with Crippen LogP contribution in [0.1, 0.15) is 0 Å². The van der Waals surface area contributed by atoms with Crippen molar-refractivity contribution in [1.29, 1.82) is 5.26 Å². The van der Waals surface area contributed by atoms with Gasteiger partial charge < -0.3 is 0 Å². The van der Waals surface area contributed by atoms with Gasteiger partial charge in [0.25, 0.3) is 15.7 Å². The molecule has 0 unspecified atom stereocenters. The first-order valence-electron chi connectivity index (χ1n) is 4.58. The Hall–Kier alpha value is -1.50. The Labute approximate surface area is 112 Å². The highest BCUT2D eigenvalue weighted by atomic mass is 79.9. The molecular formula is C9H8BrN3O4S. The van der Waals surface area contributed by atoms with Crippen molar-refractivity contribution < 1.29 is 13.3 Å². The number of nitrogens with zero attached hydrogens (tertiary/aromatic N) is 3. The summed E-state index contributed by atoms with van der Waals surface area (Å²) in [6.45, 7) is -0.379. The normalized spacial score (nSPS) is 11.2. The molecule has 0 aliphatic carbocycles. The maximum Gasteiger partial charge on any atom is 0.290 e. The first-order valence-corrected chi connectivity index (χ1v) is 6.81. The van der Waals surface area contributed by atoms with Gasteiger partial charge in [0.1, 0.15) is 6.54 Å². The van der Waals surface area contributed by atoms with Crippen molar-refractivity contribution in [2.45, 2.75) is 4.90 Å². The standard InChI is InChI=1S/C9H8BrN3O4S/c1-12(5-4-11)18(16,17)9-3-2-7(10)6-8(9)13(14)15/h2-3,6H,5H2,1H3. The molecule has 1 rings (SSSR count). The number of hydrogen-bond acceptors (Lipinski definition) is 5. The highest BCUT2D eigenvalue weighted by Crippen LogP contribution is 2.29. The Kier molecular flexibility index (Phi) is 4.39. The van der Waals surface area contributed by atoms with Gasteiger partial charge in [-0.25, -0.2) is 8.42 Å². The van der Waals surface area contributed by atoms with Crippen molar-refractivity contribution >= 4 is 31.6 Å². The minimum absolute atomic E-state index is 0.379. The number of sulfonamides is 1. The average Bonchev–Trinajstić information content (AvgIpc) is 2.28. The van der Waals surface area contributed by atoms with Gasteiger partial charge in [-0.3, -0.25) is 10.1 Å². The molecule has 0 radical (unpaired) electrons. The van der Waals surface area contributed by atoms with Crippen LogP contribution in [0, 0.1) is 21.4 Å². The first-order chi connectivity index (χ1) is 8.30. The Balaban J connectivity index is 3.42. The highest BCUT2D eigenvalue weighted by molar-refractivity contribution is 9.10. The third-order valence-corrected chi connectivity index (χ3v) is 4.44. The molecule has 0 fully saturated rings. The van der Waals surface area contributed by atoms with E-state index in [9.17, 15) is 18.5 Å². The van der Waals surface area contributed by atoms with Crippen LogP contribution >= 0.6 is 15.9 Å². The fourth-order valence-corrected chi connectivity index (χ4v) is 2.75. The zero-order valence-electron chi connectivity index (χ0n) is 9.20. The molecule has 7 nitrogen and oxygen atoms in total. The summed E-state index contributed by atoms with van der Waals surface area (Å²) in [5.74, 6) is 0. The number of nitriles is 1. The van der Waals surface area contributed by atoms with Gasteiger partial charge in [0.15, 0.2) is 4.90 Å². The van der Waals surface area contributed by atoms with Crippen LogP contribution in [0.5, 0.6) is 0 Å². The van der Waals surface area contributed by atoms with Crippen LogP contribution < -0.4 is 0 Å². The summed E-state index contributed by atoms with van der Waals surface area (Å²) in [5.41, 5.74) is -0.533. The molecule has 9 heteroatoms. The first kappa shape index (κ1) is 14.6. The van der Waals surface area contributed by atoms with E-state index in [2.05, 4.69) is 15.9 Å². The van der Waals surface area contributed by atoms with Crippen molar-refractivity contribution in [1.82, 2.24) is 4.31 Å². The summed E-state index contributed by atoms with van der Waals surface area (Å²) in [7, 11) is -2.86. The maximum atomic E-state index is 12.0. The van der Waals surface area contributed by atoms with E-state index in [0.717, 1.165) is 16.4 Å². The van der Waals surface area contributed by atoms with E-state index in [1.54, 1.807) is 6.07 Å². The Bertz CT molecular complexity index is 623. The summed E-state index contributed by atoms with van der Waals surface area (Å²) in [4.78, 5) is 9.62. The van der Waals surface area contributed by atoms with Crippen LogP contribution in [0.15, 0.2) is 27.6 Å². The van der Waals surface area contributed by atoms with Crippen LogP contribution in [0.4, 0.5) is 5.69 Å². The van der Waals surface area contributed by atoms with Gasteiger partial charge in [-0.1, -0.05) is 15.9 Å². The minimum atomic E-state index is -4.05. The molecule has 1 aromatic carbocycles. The van der Waals surface area contributed by atoms with Crippen molar-refractivity contribution in [3.05, 3.63) is 32.8 Å².